The maximum absolute atomic E-state index is 14.9. The number of benzene rings is 2. The molecule has 3 aliphatic carbocycles. The number of carbonyl (C=O) groups excluding carboxylic acids is 5. The summed E-state index contributed by atoms with van der Waals surface area (Å²) in [5.74, 6) is -5.36. The Morgan fingerprint density at radius 3 is 2.07 bits per heavy atom. The summed E-state index contributed by atoms with van der Waals surface area (Å²) in [6, 6.07) is 15.6. The molecule has 307 valence electrons. The van der Waals surface area contributed by atoms with Gasteiger partial charge in [-0.05, 0) is 42.7 Å². The van der Waals surface area contributed by atoms with E-state index in [1.54, 1.807) is 69.3 Å². The van der Waals surface area contributed by atoms with Crippen molar-refractivity contribution >= 4 is 38.0 Å². The number of methoxy groups -OCH3 is 1. The second kappa shape index (κ2) is 16.5. The van der Waals surface area contributed by atoms with E-state index in [4.69, 9.17) is 23.7 Å². The van der Waals surface area contributed by atoms with Crippen LogP contribution >= 0.6 is 0 Å². The standard InChI is InChI=1S/C41H49NO13.CH4.B/c1-21-26(53-37(49)32(51-7)30(42-22(2)43)24-14-10-8-11-15-24)19-41(50)35(54-36(48)25-16-12-9-13-17-25)33-39(6,34(47)31(46)29(21)38(41,4)5)27(45)18-28-40(33,20-52-28)55-23(3)44;;/h8-17,26-28,30-33,35,45-46,50H,18-20H2,1-7H3,(H,42,43);1H4;/t26-,27-,28?,30-,31+,32+,33?,35-,39?,40-,41+;;/m0../s1. The first-order chi connectivity index (χ1) is 25.8. The first kappa shape index (κ1) is 45.3. The molecule has 3 radical (unpaired) electrons. The van der Waals surface area contributed by atoms with Gasteiger partial charge in [-0.2, -0.15) is 0 Å². The van der Waals surface area contributed by atoms with E-state index in [2.05, 4.69) is 5.32 Å². The van der Waals surface area contributed by atoms with Crippen LogP contribution in [0.25, 0.3) is 0 Å². The van der Waals surface area contributed by atoms with Crippen LogP contribution in [0, 0.1) is 16.7 Å². The third-order valence-corrected chi connectivity index (χ3v) is 12.5. The van der Waals surface area contributed by atoms with Crippen LogP contribution in [0.5, 0.6) is 0 Å². The zero-order chi connectivity index (χ0) is 40.2. The number of hydrogen-bond donors (Lipinski definition) is 4. The first-order valence-electron chi connectivity index (χ1n) is 18.3. The third kappa shape index (κ3) is 7.22. The Morgan fingerprint density at radius 2 is 1.54 bits per heavy atom. The number of amides is 1. The number of aliphatic hydroxyl groups excluding tert-OH is 2. The highest BCUT2D eigenvalue weighted by Crippen LogP contribution is 2.64. The van der Waals surface area contributed by atoms with Crippen LogP contribution in [0.15, 0.2) is 71.8 Å². The van der Waals surface area contributed by atoms with Crippen molar-refractivity contribution in [2.45, 2.75) is 116 Å². The molecule has 6 rings (SSSR count). The minimum atomic E-state index is -2.28. The predicted octanol–water partition coefficient (Wildman–Crippen LogP) is 2.78. The predicted molar refractivity (Wildman–Crippen MR) is 205 cm³/mol. The number of rotatable bonds is 9. The largest absolute Gasteiger partial charge is 0.456 e. The van der Waals surface area contributed by atoms with Crippen molar-refractivity contribution in [1.82, 2.24) is 5.32 Å². The number of esters is 3. The van der Waals surface area contributed by atoms with Gasteiger partial charge in [0.15, 0.2) is 17.5 Å². The lowest BCUT2D eigenvalue weighted by atomic mass is 9.44. The maximum atomic E-state index is 14.9. The highest BCUT2D eigenvalue weighted by Gasteiger charge is 2.78. The fourth-order valence-electron chi connectivity index (χ4n) is 9.56. The zero-order valence-corrected chi connectivity index (χ0v) is 32.5. The highest BCUT2D eigenvalue weighted by molar-refractivity contribution is 5.94. The van der Waals surface area contributed by atoms with Gasteiger partial charge in [0, 0.05) is 47.6 Å². The molecule has 57 heavy (non-hydrogen) atoms. The SMILES string of the molecule is C.CO[C@@H](C(=O)O[C@H]1C[C@@]2(O)[C@@H](OC(=O)c3ccccc3)C3C(C)(C(=O)[C@H](O)C(=C1C)C2(C)C)[C@@H](O)CC1OC[C@]13OC(C)=O)[C@@H](NC(C)=O)c1ccccc1.[B]. The Balaban J connectivity index is 0.00000360. The molecule has 2 aromatic carbocycles. The second-order valence-corrected chi connectivity index (χ2v) is 15.8. The number of fused-ring (bicyclic) bond motifs is 5. The van der Waals surface area contributed by atoms with Gasteiger partial charge in [0.05, 0.1) is 35.6 Å². The average molecular weight is 791 g/mol. The summed E-state index contributed by atoms with van der Waals surface area (Å²) in [5.41, 5.74) is -6.63. The van der Waals surface area contributed by atoms with Crippen LogP contribution in [0.2, 0.25) is 0 Å². The number of carbonyl (C=O) groups is 5. The van der Waals surface area contributed by atoms with Crippen molar-refractivity contribution in [1.29, 1.82) is 0 Å². The molecule has 4 N–H and O–H groups in total. The minimum Gasteiger partial charge on any atom is -0.456 e. The van der Waals surface area contributed by atoms with Gasteiger partial charge < -0.3 is 44.3 Å². The molecule has 15 heteroatoms. The monoisotopic (exact) mass is 790 g/mol. The van der Waals surface area contributed by atoms with E-state index in [0.29, 0.717) is 5.56 Å². The van der Waals surface area contributed by atoms with Crippen molar-refractivity contribution in [2.24, 2.45) is 16.7 Å². The van der Waals surface area contributed by atoms with Gasteiger partial charge in [-0.15, -0.1) is 0 Å². The smallest absolute Gasteiger partial charge is 0.338 e. The fourth-order valence-corrected chi connectivity index (χ4v) is 9.56. The number of Topliss-reactive ketones (excluding diaryl/α,β-unsaturated/α-hetero) is 1. The van der Waals surface area contributed by atoms with Gasteiger partial charge >= 0.3 is 17.9 Å². The van der Waals surface area contributed by atoms with E-state index in [0.717, 1.165) is 0 Å². The number of hydrogen-bond acceptors (Lipinski definition) is 13. The lowest BCUT2D eigenvalue weighted by Gasteiger charge is -2.67. The van der Waals surface area contributed by atoms with Crippen LogP contribution in [0.1, 0.15) is 83.8 Å². The molecule has 14 nitrogen and oxygen atoms in total. The third-order valence-electron chi connectivity index (χ3n) is 12.5. The van der Waals surface area contributed by atoms with E-state index >= 15 is 0 Å². The molecule has 3 fully saturated rings. The van der Waals surface area contributed by atoms with Crippen LogP contribution in [-0.4, -0.2) is 115 Å². The zero-order valence-electron chi connectivity index (χ0n) is 32.5. The van der Waals surface area contributed by atoms with Gasteiger partial charge in [-0.3, -0.25) is 14.4 Å². The van der Waals surface area contributed by atoms with Gasteiger partial charge in [-0.25, -0.2) is 9.59 Å². The Labute approximate surface area is 334 Å². The van der Waals surface area contributed by atoms with Crippen molar-refractivity contribution in [2.75, 3.05) is 13.7 Å². The molecule has 1 amide bonds. The lowest BCUT2D eigenvalue weighted by Crippen LogP contribution is -2.81. The average Bonchev–Trinajstić information content (AvgIpc) is 3.13. The normalized spacial score (nSPS) is 33.4. The number of ketones is 1. The van der Waals surface area contributed by atoms with E-state index in [-0.39, 0.29) is 45.6 Å². The number of aliphatic hydroxyl groups is 3. The van der Waals surface area contributed by atoms with Gasteiger partial charge in [0.25, 0.3) is 0 Å². The summed E-state index contributed by atoms with van der Waals surface area (Å²) in [5, 5.41) is 40.2. The topological polar surface area (TPSA) is 204 Å². The molecule has 2 saturated carbocycles. The van der Waals surface area contributed by atoms with Crippen molar-refractivity contribution < 1.29 is 63.0 Å². The summed E-state index contributed by atoms with van der Waals surface area (Å²) in [7, 11) is 1.28. The van der Waals surface area contributed by atoms with E-state index in [1.807, 2.05) is 0 Å². The molecule has 11 atom stereocenters. The first-order valence-corrected chi connectivity index (χ1v) is 18.3. The molecule has 2 bridgehead atoms. The van der Waals surface area contributed by atoms with Crippen LogP contribution in [0.3, 0.4) is 0 Å². The summed E-state index contributed by atoms with van der Waals surface area (Å²) < 4.78 is 29.9. The highest BCUT2D eigenvalue weighted by atomic mass is 16.6. The van der Waals surface area contributed by atoms with Crippen molar-refractivity contribution in [3.63, 3.8) is 0 Å². The van der Waals surface area contributed by atoms with Gasteiger partial charge in [-0.1, -0.05) is 69.8 Å². The molecule has 2 aromatic rings. The molecular formula is C42H53BNO13. The Morgan fingerprint density at radius 1 is 0.947 bits per heavy atom. The maximum Gasteiger partial charge on any atom is 0.338 e. The van der Waals surface area contributed by atoms with Gasteiger partial charge in [0.2, 0.25) is 5.91 Å². The molecule has 1 heterocycles. The lowest BCUT2D eigenvalue weighted by molar-refractivity contribution is -0.346. The molecule has 1 aliphatic heterocycles. The summed E-state index contributed by atoms with van der Waals surface area (Å²) >= 11 is 0. The van der Waals surface area contributed by atoms with Crippen molar-refractivity contribution in [3.05, 3.63) is 82.9 Å². The Hall–Kier alpha value is -4.41. The van der Waals surface area contributed by atoms with E-state index < -0.39 is 107 Å². The fraction of sp³-hybridized carbons (Fsp3) is 0.548. The molecule has 3 unspecified atom stereocenters. The number of ether oxygens (including phenoxy) is 5. The van der Waals surface area contributed by atoms with Crippen LogP contribution < -0.4 is 5.32 Å². The molecular weight excluding hydrogens is 737 g/mol. The molecule has 0 spiro atoms. The Kier molecular flexibility index (Phi) is 13.1. The molecule has 1 saturated heterocycles. The van der Waals surface area contributed by atoms with E-state index in [9.17, 15) is 39.3 Å². The summed E-state index contributed by atoms with van der Waals surface area (Å²) in [6.45, 7) is 8.35. The van der Waals surface area contributed by atoms with Crippen molar-refractivity contribution in [3.8, 4) is 0 Å². The molecule has 0 aromatic heterocycles. The second-order valence-electron chi connectivity index (χ2n) is 15.8. The summed E-state index contributed by atoms with van der Waals surface area (Å²) in [6.07, 6.45) is -9.50. The van der Waals surface area contributed by atoms with Crippen LogP contribution in [0.4, 0.5) is 0 Å². The minimum absolute atomic E-state index is 0. The Bertz CT molecular complexity index is 1890. The summed E-state index contributed by atoms with van der Waals surface area (Å²) in [4.78, 5) is 68.3. The quantitative estimate of drug-likeness (QED) is 0.125. The number of nitrogens with one attached hydrogen (secondary N) is 1. The molecule has 4 aliphatic rings. The van der Waals surface area contributed by atoms with Gasteiger partial charge in [0.1, 0.15) is 30.0 Å². The van der Waals surface area contributed by atoms with E-state index in [1.165, 1.54) is 40.0 Å². The van der Waals surface area contributed by atoms with Crippen LogP contribution in [-0.2, 0) is 42.9 Å².